The third-order valence-corrected chi connectivity index (χ3v) is 1.90. The van der Waals surface area contributed by atoms with E-state index in [0.29, 0.717) is 12.4 Å². The minimum atomic E-state index is -0.312. The SMILES string of the molecule is CC(N)CCCOc1ccccc1F. The molecule has 0 saturated carbocycles. The first-order valence-corrected chi connectivity index (χ1v) is 4.83. The maximum atomic E-state index is 13.0. The summed E-state index contributed by atoms with van der Waals surface area (Å²) in [6.45, 7) is 2.46. The number of halogens is 1. The molecule has 0 heterocycles. The fourth-order valence-corrected chi connectivity index (χ4v) is 1.15. The van der Waals surface area contributed by atoms with Gasteiger partial charge in [-0.05, 0) is 31.9 Å². The molecule has 2 N–H and O–H groups in total. The van der Waals surface area contributed by atoms with Crippen LogP contribution in [-0.4, -0.2) is 12.6 Å². The Morgan fingerprint density at radius 1 is 1.43 bits per heavy atom. The summed E-state index contributed by atoms with van der Waals surface area (Å²) in [5.74, 6) is 0.00507. The molecule has 2 nitrogen and oxygen atoms in total. The molecule has 0 aliphatic carbocycles. The molecule has 1 atom stereocenters. The Balaban J connectivity index is 2.28. The molecule has 0 radical (unpaired) electrons. The van der Waals surface area contributed by atoms with Crippen molar-refractivity contribution in [3.8, 4) is 5.75 Å². The van der Waals surface area contributed by atoms with E-state index in [-0.39, 0.29) is 11.9 Å². The van der Waals surface area contributed by atoms with Crippen LogP contribution in [-0.2, 0) is 0 Å². The van der Waals surface area contributed by atoms with E-state index in [1.165, 1.54) is 6.07 Å². The lowest BCUT2D eigenvalue weighted by Gasteiger charge is -2.07. The highest BCUT2D eigenvalue weighted by Crippen LogP contribution is 2.15. The lowest BCUT2D eigenvalue weighted by atomic mass is 10.2. The average Bonchev–Trinajstić information content (AvgIpc) is 2.15. The van der Waals surface area contributed by atoms with Crippen molar-refractivity contribution in [1.29, 1.82) is 0 Å². The van der Waals surface area contributed by atoms with Crippen LogP contribution in [0.2, 0.25) is 0 Å². The molecule has 0 bridgehead atoms. The van der Waals surface area contributed by atoms with Gasteiger partial charge >= 0.3 is 0 Å². The van der Waals surface area contributed by atoms with Crippen LogP contribution in [0.1, 0.15) is 19.8 Å². The maximum Gasteiger partial charge on any atom is 0.165 e. The Morgan fingerprint density at radius 3 is 2.79 bits per heavy atom. The second kappa shape index (κ2) is 5.60. The summed E-state index contributed by atoms with van der Waals surface area (Å²) < 4.78 is 18.3. The molecule has 3 heteroatoms. The predicted molar refractivity (Wildman–Crippen MR) is 54.8 cm³/mol. The zero-order valence-corrected chi connectivity index (χ0v) is 8.37. The van der Waals surface area contributed by atoms with Crippen LogP contribution in [0.3, 0.4) is 0 Å². The van der Waals surface area contributed by atoms with Gasteiger partial charge in [-0.15, -0.1) is 0 Å². The Labute approximate surface area is 83.9 Å². The Morgan fingerprint density at radius 2 is 2.14 bits per heavy atom. The van der Waals surface area contributed by atoms with Gasteiger partial charge in [0.25, 0.3) is 0 Å². The first-order chi connectivity index (χ1) is 6.70. The summed E-state index contributed by atoms with van der Waals surface area (Å²) in [6, 6.07) is 6.59. The van der Waals surface area contributed by atoms with Crippen molar-refractivity contribution in [1.82, 2.24) is 0 Å². The number of para-hydroxylation sites is 1. The number of benzene rings is 1. The molecule has 0 amide bonds. The number of rotatable bonds is 5. The van der Waals surface area contributed by atoms with Crippen LogP contribution in [0.25, 0.3) is 0 Å². The third kappa shape index (κ3) is 3.75. The number of nitrogens with two attached hydrogens (primary N) is 1. The maximum absolute atomic E-state index is 13.0. The van der Waals surface area contributed by atoms with Crippen molar-refractivity contribution in [3.63, 3.8) is 0 Å². The van der Waals surface area contributed by atoms with Gasteiger partial charge in [0.1, 0.15) is 0 Å². The van der Waals surface area contributed by atoms with Crippen LogP contribution in [0, 0.1) is 5.82 Å². The quantitative estimate of drug-likeness (QED) is 0.735. The summed E-state index contributed by atoms with van der Waals surface area (Å²) in [5, 5.41) is 0. The van der Waals surface area contributed by atoms with Crippen molar-refractivity contribution in [2.24, 2.45) is 5.73 Å². The van der Waals surface area contributed by atoms with Crippen LogP contribution in [0.4, 0.5) is 4.39 Å². The largest absolute Gasteiger partial charge is 0.491 e. The smallest absolute Gasteiger partial charge is 0.165 e. The van der Waals surface area contributed by atoms with Gasteiger partial charge in [-0.3, -0.25) is 0 Å². The van der Waals surface area contributed by atoms with Crippen molar-refractivity contribution in [3.05, 3.63) is 30.1 Å². The lowest BCUT2D eigenvalue weighted by molar-refractivity contribution is 0.288. The predicted octanol–water partition coefficient (Wildman–Crippen LogP) is 2.33. The van der Waals surface area contributed by atoms with E-state index in [9.17, 15) is 4.39 Å². The van der Waals surface area contributed by atoms with Crippen molar-refractivity contribution in [2.45, 2.75) is 25.8 Å². The molecule has 0 fully saturated rings. The molecule has 78 valence electrons. The van der Waals surface area contributed by atoms with E-state index in [1.54, 1.807) is 18.2 Å². The Hall–Kier alpha value is -1.09. The van der Waals surface area contributed by atoms with Gasteiger partial charge < -0.3 is 10.5 Å². The van der Waals surface area contributed by atoms with E-state index in [4.69, 9.17) is 10.5 Å². The highest BCUT2D eigenvalue weighted by atomic mass is 19.1. The summed E-state index contributed by atoms with van der Waals surface area (Å²) >= 11 is 0. The van der Waals surface area contributed by atoms with Crippen molar-refractivity contribution >= 4 is 0 Å². The van der Waals surface area contributed by atoms with E-state index < -0.39 is 0 Å². The molecule has 1 aromatic rings. The molecule has 1 aromatic carbocycles. The second-order valence-corrected chi connectivity index (χ2v) is 3.40. The van der Waals surface area contributed by atoms with Crippen LogP contribution in [0.15, 0.2) is 24.3 Å². The Bertz CT molecular complexity index is 276. The monoisotopic (exact) mass is 197 g/mol. The van der Waals surface area contributed by atoms with Crippen molar-refractivity contribution < 1.29 is 9.13 Å². The van der Waals surface area contributed by atoms with Gasteiger partial charge in [-0.25, -0.2) is 4.39 Å². The van der Waals surface area contributed by atoms with Crippen LogP contribution < -0.4 is 10.5 Å². The lowest BCUT2D eigenvalue weighted by Crippen LogP contribution is -2.15. The number of ether oxygens (including phenoxy) is 1. The Kier molecular flexibility index (Phi) is 4.40. The zero-order chi connectivity index (χ0) is 10.4. The molecule has 1 rings (SSSR count). The van der Waals surface area contributed by atoms with Gasteiger partial charge in [0, 0.05) is 6.04 Å². The minimum absolute atomic E-state index is 0.180. The first kappa shape index (κ1) is 11.0. The molecular formula is C11H16FNO. The fourth-order valence-electron chi connectivity index (χ4n) is 1.15. The van der Waals surface area contributed by atoms with Gasteiger partial charge in [-0.2, -0.15) is 0 Å². The third-order valence-electron chi connectivity index (χ3n) is 1.90. The highest BCUT2D eigenvalue weighted by Gasteiger charge is 2.01. The molecule has 0 aliphatic rings. The van der Waals surface area contributed by atoms with Gasteiger partial charge in [-0.1, -0.05) is 12.1 Å². The van der Waals surface area contributed by atoms with E-state index in [1.807, 2.05) is 6.92 Å². The molecule has 0 aromatic heterocycles. The van der Waals surface area contributed by atoms with Gasteiger partial charge in [0.15, 0.2) is 11.6 Å². The topological polar surface area (TPSA) is 35.2 Å². The minimum Gasteiger partial charge on any atom is -0.491 e. The van der Waals surface area contributed by atoms with Gasteiger partial charge in [0.2, 0.25) is 0 Å². The number of hydrogen-bond donors (Lipinski definition) is 1. The zero-order valence-electron chi connectivity index (χ0n) is 8.37. The van der Waals surface area contributed by atoms with E-state index >= 15 is 0 Å². The van der Waals surface area contributed by atoms with Gasteiger partial charge in [0.05, 0.1) is 6.61 Å². The van der Waals surface area contributed by atoms with E-state index in [2.05, 4.69) is 0 Å². The molecule has 0 spiro atoms. The molecule has 14 heavy (non-hydrogen) atoms. The molecule has 0 aliphatic heterocycles. The highest BCUT2D eigenvalue weighted by molar-refractivity contribution is 5.23. The molecule has 0 saturated heterocycles. The molecular weight excluding hydrogens is 181 g/mol. The molecule has 1 unspecified atom stereocenters. The van der Waals surface area contributed by atoms with Crippen molar-refractivity contribution in [2.75, 3.05) is 6.61 Å². The first-order valence-electron chi connectivity index (χ1n) is 4.83. The summed E-state index contributed by atoms with van der Waals surface area (Å²) in [5.41, 5.74) is 5.57. The fraction of sp³-hybridized carbons (Fsp3) is 0.455. The average molecular weight is 197 g/mol. The summed E-state index contributed by atoms with van der Waals surface area (Å²) in [7, 11) is 0. The summed E-state index contributed by atoms with van der Waals surface area (Å²) in [4.78, 5) is 0. The summed E-state index contributed by atoms with van der Waals surface area (Å²) in [6.07, 6.45) is 1.75. The van der Waals surface area contributed by atoms with Crippen LogP contribution >= 0.6 is 0 Å². The van der Waals surface area contributed by atoms with E-state index in [0.717, 1.165) is 12.8 Å². The number of hydrogen-bond acceptors (Lipinski definition) is 2. The normalized spacial score (nSPS) is 12.5. The van der Waals surface area contributed by atoms with Crippen LogP contribution in [0.5, 0.6) is 5.75 Å². The standard InChI is InChI=1S/C11H16FNO/c1-9(13)5-4-8-14-11-7-3-2-6-10(11)12/h2-3,6-7,9H,4-5,8,13H2,1H3. The second-order valence-electron chi connectivity index (χ2n) is 3.40.